The van der Waals surface area contributed by atoms with Crippen LogP contribution in [-0.2, 0) is 4.79 Å². The van der Waals surface area contributed by atoms with E-state index in [9.17, 15) is 15.0 Å². The number of rotatable bonds is 4. The molecule has 2 unspecified atom stereocenters. The second-order valence-electron chi connectivity index (χ2n) is 3.79. The van der Waals surface area contributed by atoms with Gasteiger partial charge in [0.15, 0.2) is 5.12 Å². The molecule has 0 saturated carbocycles. The largest absolute Gasteiger partial charge is 0.389 e. The molecule has 0 saturated heterocycles. The average molecular weight is 267 g/mol. The molecule has 7 heteroatoms. The Kier molecular flexibility index (Phi) is 3.95. The van der Waals surface area contributed by atoms with Crippen molar-refractivity contribution in [2.75, 3.05) is 5.75 Å². The molecule has 2 aromatic rings. The Balaban J connectivity index is 2.17. The average Bonchev–Trinajstić information content (AvgIpc) is 2.78. The van der Waals surface area contributed by atoms with Crippen LogP contribution in [0.1, 0.15) is 18.7 Å². The first kappa shape index (κ1) is 13.0. The van der Waals surface area contributed by atoms with Crippen molar-refractivity contribution in [2.45, 2.75) is 19.1 Å². The lowest BCUT2D eigenvalue weighted by atomic mass is 10.2. The Morgan fingerprint density at radius 3 is 3.00 bits per heavy atom. The Labute approximate surface area is 108 Å². The van der Waals surface area contributed by atoms with Gasteiger partial charge in [-0.3, -0.25) is 9.20 Å². The maximum Gasteiger partial charge on any atom is 0.233 e. The van der Waals surface area contributed by atoms with E-state index in [4.69, 9.17) is 0 Å². The first-order valence-corrected chi connectivity index (χ1v) is 6.35. The molecular weight excluding hydrogens is 254 g/mol. The summed E-state index contributed by atoms with van der Waals surface area (Å²) in [5.74, 6) is 0.599. The Hall–Kier alpha value is -1.44. The molecule has 0 fully saturated rings. The van der Waals surface area contributed by atoms with Crippen molar-refractivity contribution in [2.24, 2.45) is 0 Å². The standard InChI is InChI=1S/C11H13N3O3S/c1-7(15)18-6-9(16)10(17)8-5-13-11-12-3-2-4-14(8)11/h2-5,9-10,16-17H,6H2,1H3. The maximum atomic E-state index is 10.8. The second kappa shape index (κ2) is 5.47. The maximum absolute atomic E-state index is 10.8. The van der Waals surface area contributed by atoms with Gasteiger partial charge in [-0.05, 0) is 6.07 Å². The van der Waals surface area contributed by atoms with Crippen LogP contribution in [0.3, 0.4) is 0 Å². The summed E-state index contributed by atoms with van der Waals surface area (Å²) >= 11 is 0.976. The van der Waals surface area contributed by atoms with Crippen LogP contribution in [0.2, 0.25) is 0 Å². The van der Waals surface area contributed by atoms with E-state index in [1.165, 1.54) is 13.1 Å². The van der Waals surface area contributed by atoms with Gasteiger partial charge >= 0.3 is 0 Å². The summed E-state index contributed by atoms with van der Waals surface area (Å²) in [4.78, 5) is 18.9. The molecule has 0 aliphatic heterocycles. The number of imidazole rings is 1. The fraction of sp³-hybridized carbons (Fsp3) is 0.364. The summed E-state index contributed by atoms with van der Waals surface area (Å²) in [6.45, 7) is 1.42. The molecule has 2 heterocycles. The predicted octanol–water partition coefficient (Wildman–Crippen LogP) is 0.403. The number of fused-ring (bicyclic) bond motifs is 1. The van der Waals surface area contributed by atoms with Gasteiger partial charge in [-0.2, -0.15) is 0 Å². The van der Waals surface area contributed by atoms with E-state index in [1.54, 1.807) is 22.9 Å². The van der Waals surface area contributed by atoms with E-state index in [0.29, 0.717) is 11.5 Å². The first-order valence-electron chi connectivity index (χ1n) is 5.37. The van der Waals surface area contributed by atoms with Crippen LogP contribution in [0.5, 0.6) is 0 Å². The minimum Gasteiger partial charge on any atom is -0.389 e. The smallest absolute Gasteiger partial charge is 0.233 e. The zero-order valence-corrected chi connectivity index (χ0v) is 10.5. The summed E-state index contributed by atoms with van der Waals surface area (Å²) in [5.41, 5.74) is 0.453. The van der Waals surface area contributed by atoms with Crippen molar-refractivity contribution in [3.05, 3.63) is 30.4 Å². The molecule has 0 bridgehead atoms. The van der Waals surface area contributed by atoms with Crippen LogP contribution in [0.15, 0.2) is 24.7 Å². The SMILES string of the molecule is CC(=O)SCC(O)C(O)c1cnc2ncccn12. The molecule has 6 nitrogen and oxygen atoms in total. The van der Waals surface area contributed by atoms with Crippen molar-refractivity contribution in [1.29, 1.82) is 0 Å². The summed E-state index contributed by atoms with van der Waals surface area (Å²) in [6.07, 6.45) is 2.64. The van der Waals surface area contributed by atoms with Crippen molar-refractivity contribution >= 4 is 22.7 Å². The van der Waals surface area contributed by atoms with Gasteiger partial charge in [0, 0.05) is 25.1 Å². The molecular formula is C11H13N3O3S. The lowest BCUT2D eigenvalue weighted by molar-refractivity contribution is -0.109. The lowest BCUT2D eigenvalue weighted by Gasteiger charge is -2.16. The van der Waals surface area contributed by atoms with Crippen molar-refractivity contribution < 1.29 is 15.0 Å². The topological polar surface area (TPSA) is 87.7 Å². The monoisotopic (exact) mass is 267 g/mol. The molecule has 0 aliphatic rings. The fourth-order valence-corrected chi connectivity index (χ4v) is 2.14. The number of nitrogens with zero attached hydrogens (tertiary/aromatic N) is 3. The third-order valence-electron chi connectivity index (χ3n) is 2.44. The number of carbonyl (C=O) groups excluding carboxylic acids is 1. The summed E-state index contributed by atoms with van der Waals surface area (Å²) in [5, 5.41) is 19.7. The highest BCUT2D eigenvalue weighted by molar-refractivity contribution is 8.13. The summed E-state index contributed by atoms with van der Waals surface area (Å²) in [7, 11) is 0. The first-order chi connectivity index (χ1) is 8.59. The van der Waals surface area contributed by atoms with Crippen LogP contribution in [0, 0.1) is 0 Å². The molecule has 0 aliphatic carbocycles. The van der Waals surface area contributed by atoms with Crippen LogP contribution in [0.4, 0.5) is 0 Å². The van der Waals surface area contributed by atoms with E-state index in [0.717, 1.165) is 11.8 Å². The van der Waals surface area contributed by atoms with Gasteiger partial charge in [-0.25, -0.2) is 9.97 Å². The quantitative estimate of drug-likeness (QED) is 0.834. The highest BCUT2D eigenvalue weighted by Gasteiger charge is 2.22. The number of hydrogen-bond acceptors (Lipinski definition) is 6. The minimum atomic E-state index is -1.10. The van der Waals surface area contributed by atoms with Gasteiger partial charge in [0.2, 0.25) is 5.78 Å². The Morgan fingerprint density at radius 2 is 2.28 bits per heavy atom. The van der Waals surface area contributed by atoms with Gasteiger partial charge in [0.1, 0.15) is 6.10 Å². The zero-order valence-electron chi connectivity index (χ0n) is 9.72. The van der Waals surface area contributed by atoms with Gasteiger partial charge in [0.25, 0.3) is 0 Å². The third kappa shape index (κ3) is 2.69. The third-order valence-corrected chi connectivity index (χ3v) is 3.36. The van der Waals surface area contributed by atoms with Crippen LogP contribution >= 0.6 is 11.8 Å². The van der Waals surface area contributed by atoms with Crippen molar-refractivity contribution in [3.8, 4) is 0 Å². The lowest BCUT2D eigenvalue weighted by Crippen LogP contribution is -2.22. The van der Waals surface area contributed by atoms with Crippen LogP contribution in [0.25, 0.3) is 5.78 Å². The number of carbonyl (C=O) groups is 1. The van der Waals surface area contributed by atoms with E-state index in [2.05, 4.69) is 9.97 Å². The summed E-state index contributed by atoms with van der Waals surface area (Å²) < 4.78 is 1.60. The fourth-order valence-electron chi connectivity index (χ4n) is 1.56. The number of aliphatic hydroxyl groups excluding tert-OH is 2. The highest BCUT2D eigenvalue weighted by atomic mass is 32.2. The molecule has 2 N–H and O–H groups in total. The zero-order chi connectivity index (χ0) is 13.1. The van der Waals surface area contributed by atoms with Crippen LogP contribution < -0.4 is 0 Å². The van der Waals surface area contributed by atoms with Gasteiger partial charge < -0.3 is 10.2 Å². The molecule has 0 spiro atoms. The van der Waals surface area contributed by atoms with E-state index in [1.807, 2.05) is 0 Å². The molecule has 96 valence electrons. The van der Waals surface area contributed by atoms with E-state index >= 15 is 0 Å². The van der Waals surface area contributed by atoms with E-state index in [-0.39, 0.29) is 10.9 Å². The Bertz CT molecular complexity index is 557. The Morgan fingerprint density at radius 1 is 1.50 bits per heavy atom. The molecule has 0 radical (unpaired) electrons. The minimum absolute atomic E-state index is 0.0962. The van der Waals surface area contributed by atoms with E-state index < -0.39 is 12.2 Å². The van der Waals surface area contributed by atoms with Crippen LogP contribution in [-0.4, -0.2) is 41.6 Å². The predicted molar refractivity (Wildman–Crippen MR) is 67.1 cm³/mol. The molecule has 18 heavy (non-hydrogen) atoms. The summed E-state index contributed by atoms with van der Waals surface area (Å²) in [6, 6.07) is 1.71. The molecule has 0 amide bonds. The molecule has 2 rings (SSSR count). The number of aliphatic hydroxyl groups is 2. The van der Waals surface area contributed by atoms with Crippen molar-refractivity contribution in [3.63, 3.8) is 0 Å². The van der Waals surface area contributed by atoms with Gasteiger partial charge in [-0.15, -0.1) is 0 Å². The molecule has 2 atom stereocenters. The number of aromatic nitrogens is 3. The second-order valence-corrected chi connectivity index (χ2v) is 4.98. The van der Waals surface area contributed by atoms with Gasteiger partial charge in [-0.1, -0.05) is 11.8 Å². The normalized spacial score (nSPS) is 14.6. The highest BCUT2D eigenvalue weighted by Crippen LogP contribution is 2.20. The molecule has 0 aromatic carbocycles. The molecule has 2 aromatic heterocycles. The van der Waals surface area contributed by atoms with Gasteiger partial charge in [0.05, 0.1) is 18.0 Å². The van der Waals surface area contributed by atoms with Crippen molar-refractivity contribution in [1.82, 2.24) is 14.4 Å². The number of hydrogen-bond donors (Lipinski definition) is 2. The number of thioether (sulfide) groups is 1.